The Labute approximate surface area is 353 Å². The third-order valence-corrected chi connectivity index (χ3v) is 8.15. The van der Waals surface area contributed by atoms with E-state index in [1.165, 1.54) is 13.8 Å². The van der Waals surface area contributed by atoms with Crippen molar-refractivity contribution in [2.24, 2.45) is 23.5 Å². The van der Waals surface area contributed by atoms with E-state index in [2.05, 4.69) is 42.5 Å². The zero-order chi connectivity index (χ0) is 43.4. The second-order valence-corrected chi connectivity index (χ2v) is 14.6. The fourth-order valence-corrected chi connectivity index (χ4v) is 5.03. The molecular formula is C39H59FeN9O9+2. The Morgan fingerprint density at radius 1 is 0.569 bits per heavy atom. The second kappa shape index (κ2) is 27.4. The van der Waals surface area contributed by atoms with E-state index in [0.717, 1.165) is 0 Å². The average Bonchev–Trinajstić information content (AvgIpc) is 3.85. The molecule has 0 aromatic carbocycles. The van der Waals surface area contributed by atoms with E-state index in [4.69, 9.17) is 5.73 Å². The molecule has 58 heavy (non-hydrogen) atoms. The number of hydrogen-bond donors (Lipinski definition) is 9. The van der Waals surface area contributed by atoms with Gasteiger partial charge in [0.25, 0.3) is 0 Å². The van der Waals surface area contributed by atoms with Crippen molar-refractivity contribution in [1.82, 2.24) is 42.5 Å². The summed E-state index contributed by atoms with van der Waals surface area (Å²) >= 11 is 0. The molecule has 0 aliphatic heterocycles. The third kappa shape index (κ3) is 21.0. The third-order valence-electron chi connectivity index (χ3n) is 8.15. The maximum atomic E-state index is 12.6. The number of carbonyl (C=O) groups is 9. The zero-order valence-corrected chi connectivity index (χ0v) is 35.6. The van der Waals surface area contributed by atoms with Crippen LogP contribution in [-0.4, -0.2) is 96.5 Å². The van der Waals surface area contributed by atoms with Gasteiger partial charge in [-0.3, -0.25) is 43.2 Å². The largest absolute Gasteiger partial charge is 2.00 e. The first-order valence-corrected chi connectivity index (χ1v) is 18.7. The summed E-state index contributed by atoms with van der Waals surface area (Å²) in [5.41, 5.74) is 5.37. The molecule has 19 heteroatoms. The van der Waals surface area contributed by atoms with E-state index < -0.39 is 71.6 Å². The molecule has 2 fully saturated rings. The number of nitrogens with one attached hydrogen (secondary N) is 8. The average molecular weight is 854 g/mol. The molecule has 0 heterocycles. The summed E-state index contributed by atoms with van der Waals surface area (Å²) in [7, 11) is 0. The molecule has 2 aliphatic carbocycles. The quantitative estimate of drug-likeness (QED) is 0.0639. The van der Waals surface area contributed by atoms with Gasteiger partial charge in [0.15, 0.2) is 0 Å². The molecule has 320 valence electrons. The minimum atomic E-state index is -0.914. The summed E-state index contributed by atoms with van der Waals surface area (Å²) in [6.45, 7) is 14.6. The monoisotopic (exact) mass is 853 g/mol. The van der Waals surface area contributed by atoms with Gasteiger partial charge >= 0.3 is 17.1 Å². The number of nitrogens with two attached hydrogens (primary N) is 1. The van der Waals surface area contributed by atoms with Crippen molar-refractivity contribution < 1.29 is 60.2 Å². The summed E-state index contributed by atoms with van der Waals surface area (Å²) in [5, 5.41) is 20.3. The molecule has 9 amide bonds. The Morgan fingerprint density at radius 3 is 1.52 bits per heavy atom. The molecule has 0 aromatic rings. The number of primary amides is 1. The van der Waals surface area contributed by atoms with Crippen molar-refractivity contribution in [1.29, 1.82) is 0 Å². The maximum absolute atomic E-state index is 12.6. The van der Waals surface area contributed by atoms with Crippen LogP contribution in [0.5, 0.6) is 0 Å². The van der Waals surface area contributed by atoms with E-state index in [-0.39, 0.29) is 59.7 Å². The SMILES string of the molecule is CC(=O)N[C@H](C(=O)NCC(=O)N[C@@H](C)C(=O)N[C]1[CH][CH][CH][CH]1)C(C)C.CC(C)C[C@H](NC(=O)[C@@H](NC(=O)CNC(=O)[C@H](C)NC(=O)[C]1[CH][CH][CH][CH]1)C(C)C)C(N)=O.[Fe+2]. The Balaban J connectivity index is 0.00000113. The summed E-state index contributed by atoms with van der Waals surface area (Å²) in [6.07, 6.45) is 14.1. The van der Waals surface area contributed by atoms with E-state index in [9.17, 15) is 43.2 Å². The molecule has 5 atom stereocenters. The van der Waals surface area contributed by atoms with Crippen molar-refractivity contribution in [2.45, 2.75) is 98.9 Å². The van der Waals surface area contributed by atoms with Gasteiger partial charge < -0.3 is 48.3 Å². The van der Waals surface area contributed by atoms with Crippen molar-refractivity contribution in [3.63, 3.8) is 0 Å². The van der Waals surface area contributed by atoms with Gasteiger partial charge in [-0.2, -0.15) is 0 Å². The smallest absolute Gasteiger partial charge is 0.368 e. The van der Waals surface area contributed by atoms with Crippen LogP contribution in [-0.2, 0) is 60.2 Å². The first-order valence-electron chi connectivity index (χ1n) is 18.7. The predicted molar refractivity (Wildman–Crippen MR) is 210 cm³/mol. The zero-order valence-electron chi connectivity index (χ0n) is 34.5. The number of hydrogen-bond acceptors (Lipinski definition) is 9. The Morgan fingerprint density at radius 2 is 1.03 bits per heavy atom. The second-order valence-electron chi connectivity index (χ2n) is 14.6. The van der Waals surface area contributed by atoms with E-state index in [0.29, 0.717) is 18.4 Å². The van der Waals surface area contributed by atoms with Crippen molar-refractivity contribution in [3.05, 3.63) is 63.3 Å². The van der Waals surface area contributed by atoms with Crippen LogP contribution in [0, 0.1) is 81.1 Å². The summed E-state index contributed by atoms with van der Waals surface area (Å²) in [5.74, 6) is -4.16. The van der Waals surface area contributed by atoms with Gasteiger partial charge in [-0.25, -0.2) is 0 Å². The van der Waals surface area contributed by atoms with Gasteiger partial charge in [-0.05, 0) is 89.4 Å². The minimum absolute atomic E-state index is 0. The fourth-order valence-electron chi connectivity index (χ4n) is 5.03. The molecule has 0 spiro atoms. The Hall–Kier alpha value is -4.25. The molecule has 0 aromatic heterocycles. The fraction of sp³-hybridized carbons (Fsp3) is 0.513. The molecule has 0 unspecified atom stereocenters. The predicted octanol–water partition coefficient (Wildman–Crippen LogP) is -1.59. The Bertz CT molecular complexity index is 1400. The number of rotatable bonds is 20. The summed E-state index contributed by atoms with van der Waals surface area (Å²) in [4.78, 5) is 108. The van der Waals surface area contributed by atoms with Gasteiger partial charge in [0.1, 0.15) is 30.2 Å². The molecule has 2 rings (SSSR count). The molecule has 0 saturated heterocycles. The van der Waals surface area contributed by atoms with Crippen LogP contribution in [0.1, 0.15) is 68.7 Å². The van der Waals surface area contributed by atoms with Crippen LogP contribution in [0.25, 0.3) is 0 Å². The molecule has 18 nitrogen and oxygen atoms in total. The van der Waals surface area contributed by atoms with Crippen LogP contribution < -0.4 is 48.3 Å². The topological polar surface area (TPSA) is 276 Å². The Kier molecular flexibility index (Phi) is 25.4. The van der Waals surface area contributed by atoms with Gasteiger partial charge in [0.05, 0.1) is 25.0 Å². The van der Waals surface area contributed by atoms with Crippen LogP contribution >= 0.6 is 0 Å². The van der Waals surface area contributed by atoms with Crippen LogP contribution in [0.4, 0.5) is 0 Å². The molecular weight excluding hydrogens is 794 g/mol. The van der Waals surface area contributed by atoms with E-state index >= 15 is 0 Å². The van der Waals surface area contributed by atoms with Crippen LogP contribution in [0.3, 0.4) is 0 Å². The molecule has 10 radical (unpaired) electrons. The van der Waals surface area contributed by atoms with Gasteiger partial charge in [-0.1, -0.05) is 41.5 Å². The van der Waals surface area contributed by atoms with E-state index in [1.54, 1.807) is 86.0 Å². The van der Waals surface area contributed by atoms with Crippen LogP contribution in [0.15, 0.2) is 0 Å². The van der Waals surface area contributed by atoms with Gasteiger partial charge in [0.2, 0.25) is 53.2 Å². The van der Waals surface area contributed by atoms with Crippen molar-refractivity contribution in [2.75, 3.05) is 13.1 Å². The normalized spacial score (nSPS) is 16.6. The van der Waals surface area contributed by atoms with E-state index in [1.807, 2.05) is 13.8 Å². The first-order chi connectivity index (χ1) is 26.6. The molecule has 0 bridgehead atoms. The molecule has 2 aliphatic rings. The molecule has 10 N–H and O–H groups in total. The number of amides is 9. The minimum Gasteiger partial charge on any atom is -0.368 e. The van der Waals surface area contributed by atoms with Crippen molar-refractivity contribution >= 4 is 53.2 Å². The standard InChI is InChI=1S/C22H34N5O5.C17H25N4O4.Fe/c1-12(2)10-16(19(23)29)26-22(32)18(13(3)4)27-17(28)11-24-20(30)14(5)25-21(31)15-8-6-7-9-15;1-10(2)15(20-12(4)22)17(25)18-9-14(23)19-11(3)16(24)21-13-7-5-6-8-13;/h6-9,12-14,16,18H,10-11H2,1-5H3,(H2,23,29)(H,24,30)(H,25,31)(H,26,32)(H,27,28);5-8,10-11,15H,9H2,1-4H3,(H,18,25)(H,19,23)(H,20,22)(H,21,24);/q;;+2/t14-,16-,18-;11-,15-;/m00./s1. The van der Waals surface area contributed by atoms with Gasteiger partial charge in [-0.15, -0.1) is 0 Å². The molecule has 2 saturated carbocycles. The number of carbonyl (C=O) groups excluding carboxylic acids is 9. The summed E-state index contributed by atoms with van der Waals surface area (Å²) in [6, 6.07) is -3.44. The summed E-state index contributed by atoms with van der Waals surface area (Å²) < 4.78 is 0. The van der Waals surface area contributed by atoms with Crippen LogP contribution in [0.2, 0.25) is 0 Å². The van der Waals surface area contributed by atoms with Gasteiger partial charge in [0, 0.05) is 6.92 Å². The first kappa shape index (κ1) is 53.7. The van der Waals surface area contributed by atoms with Crippen molar-refractivity contribution in [3.8, 4) is 0 Å². The maximum Gasteiger partial charge on any atom is 2.00 e.